The first kappa shape index (κ1) is 10.4. The van der Waals surface area contributed by atoms with Crippen molar-refractivity contribution in [2.24, 2.45) is 0 Å². The van der Waals surface area contributed by atoms with Crippen LogP contribution in [-0.4, -0.2) is 28.3 Å². The molecule has 5 heteroatoms. The smallest absolute Gasteiger partial charge is 0.293 e. The van der Waals surface area contributed by atoms with Gasteiger partial charge in [0, 0.05) is 30.1 Å². The maximum Gasteiger partial charge on any atom is 0.293 e. The zero-order valence-electron chi connectivity index (χ0n) is 8.59. The zero-order chi connectivity index (χ0) is 11.2. The van der Waals surface area contributed by atoms with E-state index >= 15 is 0 Å². The Morgan fingerprint density at radius 1 is 1.50 bits per heavy atom. The fraction of sp³-hybridized carbons (Fsp3) is 0.182. The second kappa shape index (κ2) is 5.06. The average Bonchev–Trinajstić information content (AvgIpc) is 2.79. The molecule has 0 aromatic carbocycles. The molecule has 0 radical (unpaired) electrons. The van der Waals surface area contributed by atoms with Gasteiger partial charge in [-0.15, -0.1) is 0 Å². The molecule has 82 valence electrons. The molecule has 0 aliphatic rings. The number of nitrogens with one attached hydrogen (secondary N) is 1. The largest absolute Gasteiger partial charge is 0.467 e. The summed E-state index contributed by atoms with van der Waals surface area (Å²) in [4.78, 5) is 14.0. The van der Waals surface area contributed by atoms with E-state index in [-0.39, 0.29) is 0 Å². The van der Waals surface area contributed by atoms with E-state index < -0.39 is 0 Å². The van der Waals surface area contributed by atoms with Gasteiger partial charge in [-0.1, -0.05) is 0 Å². The molecule has 0 unspecified atom stereocenters. The predicted molar refractivity (Wildman–Crippen MR) is 57.5 cm³/mol. The molecule has 0 aliphatic heterocycles. The first-order chi connectivity index (χ1) is 7.90. The van der Waals surface area contributed by atoms with E-state index in [9.17, 15) is 4.79 Å². The predicted octanol–water partition coefficient (Wildman–Crippen LogP) is 1.19. The van der Waals surface area contributed by atoms with Crippen LogP contribution >= 0.6 is 0 Å². The van der Waals surface area contributed by atoms with Crippen molar-refractivity contribution < 1.29 is 9.53 Å². The van der Waals surface area contributed by atoms with Crippen LogP contribution in [0.2, 0.25) is 0 Å². The Balaban J connectivity index is 2.05. The summed E-state index contributed by atoms with van der Waals surface area (Å²) in [5, 5.41) is 7.05. The maximum atomic E-state index is 9.97. The van der Waals surface area contributed by atoms with Crippen molar-refractivity contribution in [3.05, 3.63) is 36.3 Å². The highest BCUT2D eigenvalue weighted by atomic mass is 16.5. The van der Waals surface area contributed by atoms with Crippen molar-refractivity contribution in [2.75, 3.05) is 6.61 Å². The van der Waals surface area contributed by atoms with Gasteiger partial charge >= 0.3 is 0 Å². The standard InChI is InChI=1S/C11H11N3O2/c15-8-16-5-3-10-6-11(14-13-10)9-2-1-4-12-7-9/h1-2,4,6-8H,3,5H2,(H,13,14). The Bertz CT molecular complexity index is 453. The minimum Gasteiger partial charge on any atom is -0.467 e. The van der Waals surface area contributed by atoms with Crippen LogP contribution in [0.5, 0.6) is 0 Å². The number of aromatic amines is 1. The number of ether oxygens (including phenoxy) is 1. The topological polar surface area (TPSA) is 67.9 Å². The van der Waals surface area contributed by atoms with Gasteiger partial charge in [0.1, 0.15) is 0 Å². The molecule has 1 N–H and O–H groups in total. The SMILES string of the molecule is O=COCCc1cc(-c2cccnc2)n[nH]1. The molecule has 5 nitrogen and oxygen atoms in total. The van der Waals surface area contributed by atoms with Gasteiger partial charge in [0.2, 0.25) is 0 Å². The van der Waals surface area contributed by atoms with Crippen LogP contribution in [0.15, 0.2) is 30.6 Å². The first-order valence-electron chi connectivity index (χ1n) is 4.90. The fourth-order valence-corrected chi connectivity index (χ4v) is 1.37. The van der Waals surface area contributed by atoms with Gasteiger partial charge in [-0.3, -0.25) is 14.9 Å². The maximum absolute atomic E-state index is 9.97. The number of carbonyl (C=O) groups is 1. The van der Waals surface area contributed by atoms with E-state index in [1.165, 1.54) is 0 Å². The molecular weight excluding hydrogens is 206 g/mol. The van der Waals surface area contributed by atoms with Crippen LogP contribution in [0.25, 0.3) is 11.3 Å². The van der Waals surface area contributed by atoms with Gasteiger partial charge in [0.25, 0.3) is 6.47 Å². The summed E-state index contributed by atoms with van der Waals surface area (Å²) in [5.74, 6) is 0. The van der Waals surface area contributed by atoms with E-state index in [2.05, 4.69) is 19.9 Å². The van der Waals surface area contributed by atoms with Gasteiger partial charge in [0.15, 0.2) is 0 Å². The van der Waals surface area contributed by atoms with Crippen LogP contribution in [0, 0.1) is 0 Å². The normalized spacial score (nSPS) is 10.0. The third-order valence-corrected chi connectivity index (χ3v) is 2.15. The van der Waals surface area contributed by atoms with Crippen molar-refractivity contribution in [1.82, 2.24) is 15.2 Å². The quantitative estimate of drug-likeness (QED) is 0.603. The lowest BCUT2D eigenvalue weighted by Gasteiger charge is -1.94. The van der Waals surface area contributed by atoms with Crippen LogP contribution in [-0.2, 0) is 16.0 Å². The third-order valence-electron chi connectivity index (χ3n) is 2.15. The average molecular weight is 217 g/mol. The van der Waals surface area contributed by atoms with E-state index in [4.69, 9.17) is 0 Å². The van der Waals surface area contributed by atoms with Crippen LogP contribution in [0.4, 0.5) is 0 Å². The van der Waals surface area contributed by atoms with Crippen molar-refractivity contribution in [3.8, 4) is 11.3 Å². The van der Waals surface area contributed by atoms with E-state index in [0.717, 1.165) is 17.0 Å². The van der Waals surface area contributed by atoms with Crippen molar-refractivity contribution in [3.63, 3.8) is 0 Å². The lowest BCUT2D eigenvalue weighted by atomic mass is 10.2. The number of rotatable bonds is 5. The Hall–Kier alpha value is -2.17. The summed E-state index contributed by atoms with van der Waals surface area (Å²) in [6.45, 7) is 0.802. The number of nitrogens with zero attached hydrogens (tertiary/aromatic N) is 2. The van der Waals surface area contributed by atoms with Crippen molar-refractivity contribution >= 4 is 6.47 Å². The van der Waals surface area contributed by atoms with Gasteiger partial charge < -0.3 is 4.74 Å². The number of hydrogen-bond donors (Lipinski definition) is 1. The van der Waals surface area contributed by atoms with Gasteiger partial charge in [-0.25, -0.2) is 0 Å². The molecule has 16 heavy (non-hydrogen) atoms. The van der Waals surface area contributed by atoms with Crippen molar-refractivity contribution in [1.29, 1.82) is 0 Å². The summed E-state index contributed by atoms with van der Waals surface area (Å²) >= 11 is 0. The molecule has 2 aromatic rings. The summed E-state index contributed by atoms with van der Waals surface area (Å²) in [5.41, 5.74) is 2.73. The lowest BCUT2D eigenvalue weighted by molar-refractivity contribution is -0.128. The number of aromatic nitrogens is 3. The molecule has 2 aromatic heterocycles. The molecular formula is C11H11N3O2. The molecule has 0 saturated carbocycles. The Kier molecular flexibility index (Phi) is 3.28. The summed E-state index contributed by atoms with van der Waals surface area (Å²) in [6.07, 6.45) is 4.10. The Morgan fingerprint density at radius 3 is 3.19 bits per heavy atom. The summed E-state index contributed by atoms with van der Waals surface area (Å²) in [7, 11) is 0. The van der Waals surface area contributed by atoms with Gasteiger partial charge in [-0.05, 0) is 18.2 Å². The highest BCUT2D eigenvalue weighted by molar-refractivity contribution is 5.57. The van der Waals surface area contributed by atoms with Crippen LogP contribution in [0.1, 0.15) is 5.69 Å². The minimum atomic E-state index is 0.359. The summed E-state index contributed by atoms with van der Waals surface area (Å²) < 4.78 is 4.61. The summed E-state index contributed by atoms with van der Waals surface area (Å²) in [6, 6.07) is 5.72. The number of H-pyrrole nitrogens is 1. The molecule has 0 amide bonds. The molecule has 2 rings (SSSR count). The van der Waals surface area contributed by atoms with E-state index in [0.29, 0.717) is 19.5 Å². The monoisotopic (exact) mass is 217 g/mol. The van der Waals surface area contributed by atoms with E-state index in [1.807, 2.05) is 18.2 Å². The molecule has 0 bridgehead atoms. The van der Waals surface area contributed by atoms with Crippen molar-refractivity contribution in [2.45, 2.75) is 6.42 Å². The number of hydrogen-bond acceptors (Lipinski definition) is 4. The molecule has 0 aliphatic carbocycles. The lowest BCUT2D eigenvalue weighted by Crippen LogP contribution is -1.96. The van der Waals surface area contributed by atoms with Crippen LogP contribution in [0.3, 0.4) is 0 Å². The molecule has 0 fully saturated rings. The van der Waals surface area contributed by atoms with Crippen LogP contribution < -0.4 is 0 Å². The zero-order valence-corrected chi connectivity index (χ0v) is 8.59. The third kappa shape index (κ3) is 2.44. The number of pyridine rings is 1. The fourth-order valence-electron chi connectivity index (χ4n) is 1.37. The molecule has 0 saturated heterocycles. The second-order valence-electron chi connectivity index (χ2n) is 3.24. The molecule has 0 atom stereocenters. The Labute approximate surface area is 92.5 Å². The number of carbonyl (C=O) groups excluding carboxylic acids is 1. The minimum absolute atomic E-state index is 0.359. The van der Waals surface area contributed by atoms with Gasteiger partial charge in [-0.2, -0.15) is 5.10 Å². The first-order valence-corrected chi connectivity index (χ1v) is 4.90. The molecule has 2 heterocycles. The second-order valence-corrected chi connectivity index (χ2v) is 3.24. The highest BCUT2D eigenvalue weighted by Crippen LogP contribution is 2.15. The Morgan fingerprint density at radius 2 is 2.44 bits per heavy atom. The van der Waals surface area contributed by atoms with E-state index in [1.54, 1.807) is 12.4 Å². The highest BCUT2D eigenvalue weighted by Gasteiger charge is 2.03. The molecule has 0 spiro atoms. The van der Waals surface area contributed by atoms with Gasteiger partial charge in [0.05, 0.1) is 12.3 Å².